The van der Waals surface area contributed by atoms with Gasteiger partial charge in [0.1, 0.15) is 0 Å². The summed E-state index contributed by atoms with van der Waals surface area (Å²) < 4.78 is 4.42. The maximum absolute atomic E-state index is 2.21. The molecule has 0 nitrogen and oxygen atoms in total. The molecule has 0 unspecified atom stereocenters. The Bertz CT molecular complexity index is 10.9. The molecule has 0 N–H and O–H groups in total. The first kappa shape index (κ1) is 33.5. The first-order chi connectivity index (χ1) is 2.00. The zero-order valence-corrected chi connectivity index (χ0v) is 19.1. The zero-order chi connectivity index (χ0) is 4.00. The third-order valence-corrected chi connectivity index (χ3v) is 0. The van der Waals surface area contributed by atoms with Gasteiger partial charge in [0, 0.05) is 0 Å². The summed E-state index contributed by atoms with van der Waals surface area (Å²) in [7, 11) is 0. The average Bonchev–Trinajstić information content (AvgIpc) is 1.50. The second-order valence-corrected chi connectivity index (χ2v) is 0. The Balaban J connectivity index is -0.00000000267. The van der Waals surface area contributed by atoms with E-state index in [9.17, 15) is 0 Å². The molecule has 0 amide bonds. The van der Waals surface area contributed by atoms with E-state index < -0.39 is 0 Å². The van der Waals surface area contributed by atoms with Crippen LogP contribution in [0.1, 0.15) is 0 Å². The summed E-state index contributed by atoms with van der Waals surface area (Å²) in [6.07, 6.45) is 0. The minimum absolute atomic E-state index is 0. The third-order valence-electron chi connectivity index (χ3n) is 0. The van der Waals surface area contributed by atoms with Crippen LogP contribution in [-0.4, -0.2) is 48.7 Å². The molecule has 0 bridgehead atoms. The predicted molar refractivity (Wildman–Crippen MR) is 50.6 cm³/mol. The van der Waals surface area contributed by atoms with Crippen molar-refractivity contribution >= 4 is 86.0 Å². The molecule has 0 heterocycles. The standard InChI is InChI=1S/2CH3.3ClH.2In.4H/h2*1H3;3*1H;;;;;;. The molecule has 48 valence electrons. The van der Waals surface area contributed by atoms with Gasteiger partial charge in [-0.25, -0.2) is 0 Å². The molecule has 0 aliphatic heterocycles. The molecule has 0 aromatic carbocycles. The van der Waals surface area contributed by atoms with E-state index in [1.807, 2.05) is 0 Å². The summed E-state index contributed by atoms with van der Waals surface area (Å²) in [4.78, 5) is 0. The molecule has 0 saturated carbocycles. The van der Waals surface area contributed by atoms with Gasteiger partial charge in [0.05, 0.1) is 0 Å². The summed E-state index contributed by atoms with van der Waals surface area (Å²) in [6, 6.07) is 0. The summed E-state index contributed by atoms with van der Waals surface area (Å²) in [6.45, 7) is 0. The van der Waals surface area contributed by atoms with Gasteiger partial charge in [-0.1, -0.05) is 0 Å². The third kappa shape index (κ3) is 55.2. The summed E-state index contributed by atoms with van der Waals surface area (Å²) >= 11 is 1.90. The molecule has 0 saturated heterocycles. The topological polar surface area (TPSA) is 0 Å². The van der Waals surface area contributed by atoms with E-state index in [0.717, 1.165) is 48.7 Å². The van der Waals surface area contributed by atoms with Gasteiger partial charge < -0.3 is 0 Å². The summed E-state index contributed by atoms with van der Waals surface area (Å²) in [5.41, 5.74) is 0. The van der Waals surface area contributed by atoms with E-state index in [4.69, 9.17) is 0 Å². The Morgan fingerprint density at radius 3 is 0.571 bits per heavy atom. The van der Waals surface area contributed by atoms with E-state index in [0.29, 0.717) is 0 Å². The average molecular weight is 373 g/mol. The molecule has 0 radical (unpaired) electrons. The SMILES string of the molecule is Cl.Cl.Cl.[CH3][InH2].[CH3][InH2]. The van der Waals surface area contributed by atoms with Gasteiger partial charge in [0.15, 0.2) is 0 Å². The van der Waals surface area contributed by atoms with E-state index in [1.165, 1.54) is 0 Å². The summed E-state index contributed by atoms with van der Waals surface area (Å²) in [5, 5.41) is 0. The molecule has 0 spiro atoms. The molecular weight excluding hydrogens is 360 g/mol. The van der Waals surface area contributed by atoms with Gasteiger partial charge in [-0.15, -0.1) is 37.2 Å². The van der Waals surface area contributed by atoms with Crippen LogP contribution in [0.3, 0.4) is 0 Å². The first-order valence-corrected chi connectivity index (χ1v) is 13.4. The van der Waals surface area contributed by atoms with E-state index in [-0.39, 0.29) is 37.2 Å². The van der Waals surface area contributed by atoms with E-state index in [1.54, 1.807) is 0 Å². The van der Waals surface area contributed by atoms with E-state index >= 15 is 0 Å². The number of rotatable bonds is 0. The Hall–Kier alpha value is 2.61. The van der Waals surface area contributed by atoms with Crippen LogP contribution in [0.4, 0.5) is 0 Å². The Morgan fingerprint density at radius 2 is 0.571 bits per heavy atom. The van der Waals surface area contributed by atoms with Gasteiger partial charge in [-0.3, -0.25) is 0 Å². The normalized spacial score (nSPS) is 1.43. The monoisotopic (exact) mass is 372 g/mol. The molecule has 0 fully saturated rings. The van der Waals surface area contributed by atoms with Crippen LogP contribution in [-0.2, 0) is 0 Å². The molecule has 0 aromatic rings. The Morgan fingerprint density at radius 1 is 0.571 bits per heavy atom. The fourth-order valence-electron chi connectivity index (χ4n) is 0. The van der Waals surface area contributed by atoms with Crippen molar-refractivity contribution in [1.29, 1.82) is 0 Å². The second-order valence-electron chi connectivity index (χ2n) is 0. The van der Waals surface area contributed by atoms with Crippen molar-refractivity contribution in [2.45, 2.75) is 9.36 Å². The van der Waals surface area contributed by atoms with Crippen molar-refractivity contribution in [2.24, 2.45) is 0 Å². The number of hydrogen-bond acceptors (Lipinski definition) is 0. The van der Waals surface area contributed by atoms with Crippen LogP contribution < -0.4 is 0 Å². The number of halogens is 3. The van der Waals surface area contributed by atoms with Crippen LogP contribution in [0.15, 0.2) is 0 Å². The quantitative estimate of drug-likeness (QED) is 0.584. The van der Waals surface area contributed by atoms with Crippen molar-refractivity contribution in [3.8, 4) is 0 Å². The first-order valence-electron chi connectivity index (χ1n) is 2.00. The Kier molecular flexibility index (Phi) is 350. The fourth-order valence-corrected chi connectivity index (χ4v) is 0. The fraction of sp³-hybridized carbons (Fsp3) is 1.00. The Labute approximate surface area is 94.0 Å². The molecule has 0 rings (SSSR count). The van der Waals surface area contributed by atoms with Crippen molar-refractivity contribution in [1.82, 2.24) is 0 Å². The van der Waals surface area contributed by atoms with Crippen LogP contribution in [0, 0.1) is 0 Å². The molecule has 0 aliphatic carbocycles. The van der Waals surface area contributed by atoms with Crippen molar-refractivity contribution in [3.05, 3.63) is 0 Å². The second kappa shape index (κ2) is 73.2. The van der Waals surface area contributed by atoms with Gasteiger partial charge in [-0.2, -0.15) is 0 Å². The number of hydrogen-bond donors (Lipinski definition) is 0. The molecule has 0 aromatic heterocycles. The van der Waals surface area contributed by atoms with Gasteiger partial charge in [0.25, 0.3) is 0 Å². The van der Waals surface area contributed by atoms with Crippen molar-refractivity contribution in [2.75, 3.05) is 0 Å². The predicted octanol–water partition coefficient (Wildman–Crippen LogP) is 0.601. The van der Waals surface area contributed by atoms with Gasteiger partial charge in [-0.05, 0) is 0 Å². The maximum atomic E-state index is 2.21. The minimum atomic E-state index is 0. The van der Waals surface area contributed by atoms with E-state index in [2.05, 4.69) is 9.36 Å². The van der Waals surface area contributed by atoms with Crippen molar-refractivity contribution in [3.63, 3.8) is 0 Å². The zero-order valence-electron chi connectivity index (χ0n) is 5.22. The van der Waals surface area contributed by atoms with Crippen LogP contribution in [0.25, 0.3) is 0 Å². The van der Waals surface area contributed by atoms with Crippen LogP contribution in [0.5, 0.6) is 0 Å². The molecule has 0 aliphatic rings. The summed E-state index contributed by atoms with van der Waals surface area (Å²) in [5.74, 6) is 0. The van der Waals surface area contributed by atoms with Crippen LogP contribution in [0.2, 0.25) is 9.36 Å². The van der Waals surface area contributed by atoms with Crippen LogP contribution >= 0.6 is 37.2 Å². The van der Waals surface area contributed by atoms with Crippen molar-refractivity contribution < 1.29 is 0 Å². The molecule has 5 heteroatoms. The molecular formula is C2H13Cl3In2. The molecule has 7 heavy (non-hydrogen) atoms. The van der Waals surface area contributed by atoms with Gasteiger partial charge >= 0.3 is 58.1 Å². The molecule has 0 atom stereocenters. The van der Waals surface area contributed by atoms with Gasteiger partial charge in [0.2, 0.25) is 0 Å².